The van der Waals surface area contributed by atoms with E-state index in [0.29, 0.717) is 5.69 Å². The van der Waals surface area contributed by atoms with Crippen LogP contribution in [0, 0.1) is 10.1 Å². The van der Waals surface area contributed by atoms with Gasteiger partial charge in [0.1, 0.15) is 11.3 Å². The summed E-state index contributed by atoms with van der Waals surface area (Å²) in [4.78, 5) is 23.6. The molecule has 12 heteroatoms. The summed E-state index contributed by atoms with van der Waals surface area (Å²) in [5, 5.41) is 22.0. The molecule has 0 atom stereocenters. The lowest BCUT2D eigenvalue weighted by atomic mass is 10.1. The van der Waals surface area contributed by atoms with E-state index in [0.717, 1.165) is 23.1 Å². The van der Waals surface area contributed by atoms with E-state index >= 15 is 0 Å². The summed E-state index contributed by atoms with van der Waals surface area (Å²) in [5.41, 5.74) is -0.404. The Balaban J connectivity index is 1.82. The molecule has 28 heavy (non-hydrogen) atoms. The quantitative estimate of drug-likeness (QED) is 0.465. The Hall–Kier alpha value is -3.41. The fourth-order valence-electron chi connectivity index (χ4n) is 2.24. The van der Waals surface area contributed by atoms with Gasteiger partial charge in [-0.25, -0.2) is 0 Å². The number of anilines is 1. The Morgan fingerprint density at radius 1 is 1.32 bits per heavy atom. The highest BCUT2D eigenvalue weighted by Gasteiger charge is 2.29. The molecular formula is C16H11F3N4O4S. The van der Waals surface area contributed by atoms with Crippen molar-refractivity contribution in [3.63, 3.8) is 0 Å². The van der Waals surface area contributed by atoms with Crippen LogP contribution in [0.5, 0.6) is 5.75 Å². The van der Waals surface area contributed by atoms with Gasteiger partial charge in [0, 0.05) is 12.1 Å². The van der Waals surface area contributed by atoms with E-state index in [1.807, 2.05) is 17.5 Å². The van der Waals surface area contributed by atoms with Crippen LogP contribution in [0.15, 0.2) is 41.8 Å². The Morgan fingerprint density at radius 3 is 2.75 bits per heavy atom. The second-order valence-electron chi connectivity index (χ2n) is 5.44. The normalized spacial score (nSPS) is 11.2. The van der Waals surface area contributed by atoms with Crippen molar-refractivity contribution < 1.29 is 27.6 Å². The van der Waals surface area contributed by atoms with Crippen LogP contribution in [0.3, 0.4) is 0 Å². The summed E-state index contributed by atoms with van der Waals surface area (Å²) in [6.07, 6.45) is -4.59. The van der Waals surface area contributed by atoms with E-state index in [9.17, 15) is 28.1 Å². The molecule has 0 saturated carbocycles. The second kappa shape index (κ2) is 7.68. The number of nitro groups is 1. The summed E-state index contributed by atoms with van der Waals surface area (Å²) in [6, 6.07) is 7.96. The molecule has 2 N–H and O–H groups in total. The average Bonchev–Trinajstić information content (AvgIpc) is 3.30. The zero-order chi connectivity index (χ0) is 20.3. The van der Waals surface area contributed by atoms with E-state index in [1.54, 1.807) is 0 Å². The minimum atomic E-state index is -4.59. The predicted molar refractivity (Wildman–Crippen MR) is 94.5 cm³/mol. The zero-order valence-electron chi connectivity index (χ0n) is 13.8. The maximum Gasteiger partial charge on any atom is 0.422 e. The third-order valence-corrected chi connectivity index (χ3v) is 4.32. The first-order chi connectivity index (χ1) is 13.2. The average molecular weight is 412 g/mol. The number of nitro benzene ring substituents is 1. The number of thiophene rings is 1. The van der Waals surface area contributed by atoms with Crippen molar-refractivity contribution in [2.24, 2.45) is 0 Å². The van der Waals surface area contributed by atoms with Gasteiger partial charge in [0.15, 0.2) is 12.4 Å². The SMILES string of the molecule is O=C(Nc1cc(-c2cccs2)[nH]n1)c1cc(OCC(F)(F)F)ccc1[N+](=O)[O-]. The molecule has 0 unspecified atom stereocenters. The lowest BCUT2D eigenvalue weighted by Crippen LogP contribution is -2.20. The van der Waals surface area contributed by atoms with Gasteiger partial charge < -0.3 is 10.1 Å². The largest absolute Gasteiger partial charge is 0.484 e. The van der Waals surface area contributed by atoms with Gasteiger partial charge in [-0.2, -0.15) is 18.3 Å². The molecule has 0 fully saturated rings. The number of hydrogen-bond acceptors (Lipinski definition) is 6. The van der Waals surface area contributed by atoms with Crippen LogP contribution >= 0.6 is 11.3 Å². The first-order valence-corrected chi connectivity index (χ1v) is 8.49. The minimum Gasteiger partial charge on any atom is -0.484 e. The highest BCUT2D eigenvalue weighted by Crippen LogP contribution is 2.28. The van der Waals surface area contributed by atoms with Gasteiger partial charge in [0.25, 0.3) is 11.6 Å². The molecule has 0 aliphatic heterocycles. The summed E-state index contributed by atoms with van der Waals surface area (Å²) < 4.78 is 41.4. The topological polar surface area (TPSA) is 110 Å². The molecule has 1 amide bonds. The third-order valence-electron chi connectivity index (χ3n) is 3.42. The van der Waals surface area contributed by atoms with Crippen molar-refractivity contribution in [1.82, 2.24) is 10.2 Å². The van der Waals surface area contributed by atoms with Crippen LogP contribution in [0.4, 0.5) is 24.7 Å². The smallest absolute Gasteiger partial charge is 0.422 e. The predicted octanol–water partition coefficient (Wildman–Crippen LogP) is 4.24. The molecule has 8 nitrogen and oxygen atoms in total. The van der Waals surface area contributed by atoms with Gasteiger partial charge in [-0.15, -0.1) is 11.3 Å². The lowest BCUT2D eigenvalue weighted by Gasteiger charge is -2.10. The number of H-pyrrole nitrogens is 1. The minimum absolute atomic E-state index is 0.101. The van der Waals surface area contributed by atoms with E-state index in [1.165, 1.54) is 17.4 Å². The lowest BCUT2D eigenvalue weighted by molar-refractivity contribution is -0.385. The monoisotopic (exact) mass is 412 g/mol. The number of ether oxygens (including phenoxy) is 1. The summed E-state index contributed by atoms with van der Waals surface area (Å²) in [7, 11) is 0. The van der Waals surface area contributed by atoms with Crippen LogP contribution in [0.1, 0.15) is 10.4 Å². The molecule has 3 rings (SSSR count). The highest BCUT2D eigenvalue weighted by molar-refractivity contribution is 7.13. The Kier molecular flexibility index (Phi) is 5.31. The number of aromatic nitrogens is 2. The third kappa shape index (κ3) is 4.65. The van der Waals surface area contributed by atoms with Crippen LogP contribution in [-0.4, -0.2) is 33.8 Å². The molecule has 0 radical (unpaired) electrons. The van der Waals surface area contributed by atoms with E-state index in [4.69, 9.17) is 0 Å². The first-order valence-electron chi connectivity index (χ1n) is 7.61. The molecule has 3 aromatic rings. The van der Waals surface area contributed by atoms with E-state index in [-0.39, 0.29) is 11.6 Å². The fraction of sp³-hybridized carbons (Fsp3) is 0.125. The van der Waals surface area contributed by atoms with Crippen LogP contribution in [-0.2, 0) is 0 Å². The number of nitrogens with zero attached hydrogens (tertiary/aromatic N) is 2. The fourth-order valence-corrected chi connectivity index (χ4v) is 2.93. The molecule has 0 saturated heterocycles. The molecule has 146 valence electrons. The van der Waals surface area contributed by atoms with Crippen molar-refractivity contribution in [3.05, 3.63) is 57.5 Å². The molecule has 0 aliphatic carbocycles. The molecule has 0 bridgehead atoms. The van der Waals surface area contributed by atoms with Gasteiger partial charge in [0.2, 0.25) is 0 Å². The number of alkyl halides is 3. The van der Waals surface area contributed by atoms with Gasteiger partial charge in [-0.3, -0.25) is 20.0 Å². The first kappa shape index (κ1) is 19.4. The van der Waals surface area contributed by atoms with Gasteiger partial charge >= 0.3 is 6.18 Å². The van der Waals surface area contributed by atoms with Crippen LogP contribution in [0.2, 0.25) is 0 Å². The number of halogens is 3. The maximum atomic E-state index is 12.4. The van der Waals surface area contributed by atoms with Crippen molar-refractivity contribution in [2.75, 3.05) is 11.9 Å². The Morgan fingerprint density at radius 2 is 2.11 bits per heavy atom. The Bertz CT molecular complexity index is 1000. The number of benzene rings is 1. The van der Waals surface area contributed by atoms with Gasteiger partial charge in [0.05, 0.1) is 15.5 Å². The molecule has 1 aromatic carbocycles. The van der Waals surface area contributed by atoms with Crippen molar-refractivity contribution in [3.8, 4) is 16.3 Å². The molecule has 2 heterocycles. The van der Waals surface area contributed by atoms with E-state index < -0.39 is 34.9 Å². The molecule has 0 aliphatic rings. The number of amides is 1. The molecular weight excluding hydrogens is 401 g/mol. The van der Waals surface area contributed by atoms with Crippen molar-refractivity contribution >= 4 is 28.7 Å². The number of aromatic amines is 1. The summed E-state index contributed by atoms with van der Waals surface area (Å²) >= 11 is 1.44. The van der Waals surface area contributed by atoms with Crippen LogP contribution in [0.25, 0.3) is 10.6 Å². The van der Waals surface area contributed by atoms with Crippen molar-refractivity contribution in [1.29, 1.82) is 0 Å². The Labute approximate surface area is 159 Å². The standard InChI is InChI=1S/C16H11F3N4O4S/c17-16(18,19)8-27-9-3-4-12(23(25)26)10(6-9)15(24)20-14-7-11(21-22-14)13-2-1-5-28-13/h1-7H,8H2,(H2,20,21,22,24). The number of nitrogens with one attached hydrogen (secondary N) is 2. The number of carbonyl (C=O) groups is 1. The van der Waals surface area contributed by atoms with Gasteiger partial charge in [-0.1, -0.05) is 6.07 Å². The zero-order valence-corrected chi connectivity index (χ0v) is 14.6. The summed E-state index contributed by atoms with van der Waals surface area (Å²) in [6.45, 7) is -1.59. The molecule has 0 spiro atoms. The summed E-state index contributed by atoms with van der Waals surface area (Å²) in [5.74, 6) is -1.13. The molecule has 2 aromatic heterocycles. The number of hydrogen-bond donors (Lipinski definition) is 2. The maximum absolute atomic E-state index is 12.4. The highest BCUT2D eigenvalue weighted by atomic mass is 32.1. The van der Waals surface area contributed by atoms with Crippen LogP contribution < -0.4 is 10.1 Å². The van der Waals surface area contributed by atoms with Crippen molar-refractivity contribution in [2.45, 2.75) is 6.18 Å². The van der Waals surface area contributed by atoms with Gasteiger partial charge in [-0.05, 0) is 23.6 Å². The van der Waals surface area contributed by atoms with E-state index in [2.05, 4.69) is 20.3 Å². The number of carbonyl (C=O) groups excluding carboxylic acids is 1. The second-order valence-corrected chi connectivity index (χ2v) is 6.39. The number of rotatable bonds is 6.